The SMILES string of the molecule is COc1nc(C(F)(F)F)c(OC(F)(F)F)cc1C=O. The van der Waals surface area contributed by atoms with Gasteiger partial charge in [0.2, 0.25) is 5.88 Å². The summed E-state index contributed by atoms with van der Waals surface area (Å²) in [7, 11) is 0.916. The molecule has 19 heavy (non-hydrogen) atoms. The quantitative estimate of drug-likeness (QED) is 0.634. The van der Waals surface area contributed by atoms with Gasteiger partial charge in [-0.25, -0.2) is 4.98 Å². The van der Waals surface area contributed by atoms with Crippen LogP contribution in [0, 0.1) is 0 Å². The molecule has 0 aromatic carbocycles. The minimum Gasteiger partial charge on any atom is -0.480 e. The van der Waals surface area contributed by atoms with Crippen molar-refractivity contribution >= 4 is 6.29 Å². The van der Waals surface area contributed by atoms with Crippen LogP contribution in [0.2, 0.25) is 0 Å². The largest absolute Gasteiger partial charge is 0.573 e. The number of hydrogen-bond acceptors (Lipinski definition) is 4. The highest BCUT2D eigenvalue weighted by Gasteiger charge is 2.41. The maximum atomic E-state index is 12.5. The fourth-order valence-electron chi connectivity index (χ4n) is 1.15. The summed E-state index contributed by atoms with van der Waals surface area (Å²) in [6.45, 7) is 0. The minimum atomic E-state index is -5.35. The van der Waals surface area contributed by atoms with Gasteiger partial charge in [-0.2, -0.15) is 13.2 Å². The first-order chi connectivity index (χ1) is 8.58. The molecular weight excluding hydrogens is 284 g/mol. The molecule has 4 nitrogen and oxygen atoms in total. The molecule has 1 aromatic heterocycles. The van der Waals surface area contributed by atoms with E-state index in [1.807, 2.05) is 0 Å². The van der Waals surface area contributed by atoms with Crippen LogP contribution in [-0.2, 0) is 6.18 Å². The van der Waals surface area contributed by atoms with Crippen LogP contribution in [0.3, 0.4) is 0 Å². The third-order valence-corrected chi connectivity index (χ3v) is 1.79. The molecule has 0 atom stereocenters. The molecule has 0 amide bonds. The molecule has 0 aliphatic carbocycles. The topological polar surface area (TPSA) is 48.4 Å². The summed E-state index contributed by atoms with van der Waals surface area (Å²) in [5.74, 6) is -2.38. The van der Waals surface area contributed by atoms with Crippen molar-refractivity contribution in [3.05, 3.63) is 17.3 Å². The number of alkyl halides is 6. The van der Waals surface area contributed by atoms with Crippen LogP contribution in [0.25, 0.3) is 0 Å². The number of carbonyl (C=O) groups is 1. The Morgan fingerprint density at radius 1 is 1.21 bits per heavy atom. The number of pyridine rings is 1. The van der Waals surface area contributed by atoms with Gasteiger partial charge in [0.1, 0.15) is 0 Å². The van der Waals surface area contributed by atoms with Crippen molar-refractivity contribution < 1.29 is 40.6 Å². The maximum absolute atomic E-state index is 12.5. The molecule has 106 valence electrons. The first kappa shape index (κ1) is 15.1. The van der Waals surface area contributed by atoms with Gasteiger partial charge in [-0.05, 0) is 6.07 Å². The molecule has 0 unspecified atom stereocenters. The Morgan fingerprint density at radius 3 is 2.16 bits per heavy atom. The Morgan fingerprint density at radius 2 is 1.79 bits per heavy atom. The van der Waals surface area contributed by atoms with Gasteiger partial charge in [-0.15, -0.1) is 13.2 Å². The molecule has 0 N–H and O–H groups in total. The second-order valence-corrected chi connectivity index (χ2v) is 3.10. The molecule has 0 saturated carbocycles. The van der Waals surface area contributed by atoms with E-state index in [-0.39, 0.29) is 12.4 Å². The van der Waals surface area contributed by atoms with Gasteiger partial charge in [0.15, 0.2) is 17.7 Å². The number of methoxy groups -OCH3 is 1. The van der Waals surface area contributed by atoms with Crippen LogP contribution in [0.1, 0.15) is 16.1 Å². The van der Waals surface area contributed by atoms with Crippen molar-refractivity contribution in [3.63, 3.8) is 0 Å². The van der Waals surface area contributed by atoms with E-state index < -0.39 is 35.4 Å². The lowest BCUT2D eigenvalue weighted by atomic mass is 10.2. The first-order valence-electron chi connectivity index (χ1n) is 4.45. The second-order valence-electron chi connectivity index (χ2n) is 3.10. The third-order valence-electron chi connectivity index (χ3n) is 1.79. The summed E-state index contributed by atoms with van der Waals surface area (Å²) < 4.78 is 81.1. The Labute approximate surface area is 101 Å². The summed E-state index contributed by atoms with van der Waals surface area (Å²) in [6, 6.07) is 0.259. The lowest BCUT2D eigenvalue weighted by Crippen LogP contribution is -2.21. The molecule has 0 radical (unpaired) electrons. The van der Waals surface area contributed by atoms with Crippen molar-refractivity contribution in [2.75, 3.05) is 7.11 Å². The van der Waals surface area contributed by atoms with Gasteiger partial charge in [0.05, 0.1) is 12.7 Å². The Hall–Kier alpha value is -2.00. The van der Waals surface area contributed by atoms with E-state index in [1.165, 1.54) is 0 Å². The molecule has 0 spiro atoms. The van der Waals surface area contributed by atoms with E-state index in [9.17, 15) is 31.1 Å². The van der Waals surface area contributed by atoms with E-state index in [0.29, 0.717) is 0 Å². The molecule has 0 aliphatic heterocycles. The Bertz CT molecular complexity index is 482. The fraction of sp³-hybridized carbons (Fsp3) is 0.333. The number of rotatable bonds is 3. The predicted octanol–water partition coefficient (Wildman–Crippen LogP) is 2.82. The lowest BCUT2D eigenvalue weighted by molar-refractivity contribution is -0.276. The lowest BCUT2D eigenvalue weighted by Gasteiger charge is -2.16. The normalized spacial score (nSPS) is 12.2. The smallest absolute Gasteiger partial charge is 0.480 e. The highest BCUT2D eigenvalue weighted by Crippen LogP contribution is 2.39. The molecule has 0 bridgehead atoms. The number of aldehydes is 1. The summed E-state index contributed by atoms with van der Waals surface area (Å²) in [5, 5.41) is 0. The minimum absolute atomic E-state index is 0.00474. The zero-order valence-electron chi connectivity index (χ0n) is 9.09. The van der Waals surface area contributed by atoms with Crippen LogP contribution >= 0.6 is 0 Å². The number of aromatic nitrogens is 1. The van der Waals surface area contributed by atoms with Gasteiger partial charge in [-0.1, -0.05) is 0 Å². The van der Waals surface area contributed by atoms with Gasteiger partial charge in [0.25, 0.3) is 0 Å². The molecule has 1 aromatic rings. The van der Waals surface area contributed by atoms with Gasteiger partial charge in [0, 0.05) is 0 Å². The van der Waals surface area contributed by atoms with Crippen molar-refractivity contribution in [1.82, 2.24) is 4.98 Å². The second kappa shape index (κ2) is 4.94. The number of nitrogens with zero attached hydrogens (tertiary/aromatic N) is 1. The summed E-state index contributed by atoms with van der Waals surface area (Å²) in [5.41, 5.74) is -2.54. The van der Waals surface area contributed by atoms with Gasteiger partial charge >= 0.3 is 12.5 Å². The van der Waals surface area contributed by atoms with E-state index >= 15 is 0 Å². The van der Waals surface area contributed by atoms with Crippen molar-refractivity contribution in [1.29, 1.82) is 0 Å². The summed E-state index contributed by atoms with van der Waals surface area (Å²) in [6.07, 6.45) is -10.6. The molecule has 0 aliphatic rings. The molecule has 10 heteroatoms. The zero-order chi connectivity index (χ0) is 14.8. The van der Waals surface area contributed by atoms with Crippen molar-refractivity contribution in [3.8, 4) is 11.6 Å². The van der Waals surface area contributed by atoms with Gasteiger partial charge in [-0.3, -0.25) is 4.79 Å². The predicted molar refractivity (Wildman–Crippen MR) is 47.9 cm³/mol. The number of carbonyl (C=O) groups excluding carboxylic acids is 1. The van der Waals surface area contributed by atoms with E-state index in [0.717, 1.165) is 7.11 Å². The molecule has 1 heterocycles. The molecule has 0 saturated heterocycles. The summed E-state index contributed by atoms with van der Waals surface area (Å²) >= 11 is 0. The molecule has 0 fully saturated rings. The van der Waals surface area contributed by atoms with E-state index in [1.54, 1.807) is 0 Å². The number of ether oxygens (including phenoxy) is 2. The summed E-state index contributed by atoms with van der Waals surface area (Å²) in [4.78, 5) is 13.3. The Balaban J connectivity index is 3.45. The van der Waals surface area contributed by atoms with Crippen LogP contribution in [-0.4, -0.2) is 24.7 Å². The third kappa shape index (κ3) is 3.73. The standard InChI is InChI=1S/C9H5F6NO3/c1-18-7-4(3-17)2-5(19-9(13,14)15)6(16-7)8(10,11)12/h2-3H,1H3. The van der Waals surface area contributed by atoms with Crippen LogP contribution in [0.5, 0.6) is 11.6 Å². The fourth-order valence-corrected chi connectivity index (χ4v) is 1.15. The van der Waals surface area contributed by atoms with Gasteiger partial charge < -0.3 is 9.47 Å². The average Bonchev–Trinajstić information content (AvgIpc) is 2.24. The van der Waals surface area contributed by atoms with E-state index in [4.69, 9.17) is 0 Å². The van der Waals surface area contributed by atoms with Crippen LogP contribution in [0.4, 0.5) is 26.3 Å². The first-order valence-corrected chi connectivity index (χ1v) is 4.45. The number of hydrogen-bond donors (Lipinski definition) is 0. The van der Waals surface area contributed by atoms with Crippen molar-refractivity contribution in [2.45, 2.75) is 12.5 Å². The van der Waals surface area contributed by atoms with E-state index in [2.05, 4.69) is 14.5 Å². The molecule has 1 rings (SSSR count). The highest BCUT2D eigenvalue weighted by atomic mass is 19.4. The molecular formula is C9H5F6NO3. The monoisotopic (exact) mass is 289 g/mol. The zero-order valence-corrected chi connectivity index (χ0v) is 9.09. The average molecular weight is 289 g/mol. The van der Waals surface area contributed by atoms with Crippen LogP contribution in [0.15, 0.2) is 6.07 Å². The van der Waals surface area contributed by atoms with Crippen LogP contribution < -0.4 is 9.47 Å². The van der Waals surface area contributed by atoms with Crippen molar-refractivity contribution in [2.24, 2.45) is 0 Å². The maximum Gasteiger partial charge on any atom is 0.573 e. The number of halogens is 6. The Kier molecular flexibility index (Phi) is 3.91. The highest BCUT2D eigenvalue weighted by molar-refractivity contribution is 5.79.